The summed E-state index contributed by atoms with van der Waals surface area (Å²) in [6.45, 7) is 5.72. The molecule has 0 amide bonds. The molecule has 3 rings (SSSR count). The van der Waals surface area contributed by atoms with Crippen LogP contribution in [-0.4, -0.2) is 22.5 Å². The molecule has 0 aliphatic heterocycles. The van der Waals surface area contributed by atoms with Gasteiger partial charge in [0.1, 0.15) is 15.5 Å². The third kappa shape index (κ3) is 3.65. The van der Waals surface area contributed by atoms with E-state index < -0.39 is 5.97 Å². The summed E-state index contributed by atoms with van der Waals surface area (Å²) in [4.78, 5) is 33.9. The molecule has 3 aromatic rings. The molecule has 0 saturated heterocycles. The molecule has 0 radical (unpaired) electrons. The van der Waals surface area contributed by atoms with Gasteiger partial charge in [0.15, 0.2) is 0 Å². The number of ether oxygens (including phenoxy) is 1. The van der Waals surface area contributed by atoms with Gasteiger partial charge in [0.25, 0.3) is 5.56 Å². The molecule has 1 atom stereocenters. The van der Waals surface area contributed by atoms with Crippen LogP contribution in [0.2, 0.25) is 5.02 Å². The van der Waals surface area contributed by atoms with E-state index in [9.17, 15) is 9.59 Å². The van der Waals surface area contributed by atoms with Crippen LogP contribution in [0.15, 0.2) is 34.0 Å². The first-order valence-corrected chi connectivity index (χ1v) is 10.1. The smallest absolute Gasteiger partial charge is 0.348 e. The van der Waals surface area contributed by atoms with Crippen molar-refractivity contribution >= 4 is 50.9 Å². The summed E-state index contributed by atoms with van der Waals surface area (Å²) >= 11 is 8.91. The fourth-order valence-corrected chi connectivity index (χ4v) is 4.82. The summed E-state index contributed by atoms with van der Waals surface area (Å²) in [5, 5.41) is 0.988. The van der Waals surface area contributed by atoms with E-state index in [1.165, 1.54) is 23.1 Å². The lowest BCUT2D eigenvalue weighted by Crippen LogP contribution is -2.12. The molecule has 2 aromatic heterocycles. The van der Waals surface area contributed by atoms with Crippen molar-refractivity contribution in [2.24, 2.45) is 0 Å². The van der Waals surface area contributed by atoms with E-state index in [0.29, 0.717) is 31.5 Å². The predicted molar refractivity (Wildman–Crippen MR) is 107 cm³/mol. The second-order valence-electron chi connectivity index (χ2n) is 5.60. The zero-order valence-corrected chi connectivity index (χ0v) is 16.8. The SMILES string of the molecule is CCOC(=O)c1sc2nc([C@@H](C)Sc3ccccc3Cl)[nH]c(=O)c2c1C. The maximum atomic E-state index is 12.6. The van der Waals surface area contributed by atoms with Crippen molar-refractivity contribution in [3.8, 4) is 0 Å². The molecule has 0 bridgehead atoms. The molecule has 8 heteroatoms. The van der Waals surface area contributed by atoms with Crippen molar-refractivity contribution < 1.29 is 9.53 Å². The largest absolute Gasteiger partial charge is 0.462 e. The van der Waals surface area contributed by atoms with Crippen molar-refractivity contribution in [3.05, 3.63) is 55.9 Å². The number of esters is 1. The van der Waals surface area contributed by atoms with E-state index in [1.807, 2.05) is 31.2 Å². The Bertz CT molecular complexity index is 1030. The molecule has 0 aliphatic carbocycles. The molecule has 0 fully saturated rings. The second kappa shape index (κ2) is 7.82. The number of benzene rings is 1. The fraction of sp³-hybridized carbons (Fsp3) is 0.278. The lowest BCUT2D eigenvalue weighted by Gasteiger charge is -2.11. The number of carbonyl (C=O) groups is 1. The van der Waals surface area contributed by atoms with E-state index in [4.69, 9.17) is 16.3 Å². The molecule has 0 spiro atoms. The molecule has 1 N–H and O–H groups in total. The fourth-order valence-electron chi connectivity index (χ4n) is 2.53. The number of nitrogens with one attached hydrogen (secondary N) is 1. The van der Waals surface area contributed by atoms with Gasteiger partial charge in [-0.25, -0.2) is 9.78 Å². The summed E-state index contributed by atoms with van der Waals surface area (Å²) < 4.78 is 5.06. The highest BCUT2D eigenvalue weighted by molar-refractivity contribution is 7.99. The summed E-state index contributed by atoms with van der Waals surface area (Å²) in [6, 6.07) is 7.53. The quantitative estimate of drug-likeness (QED) is 0.476. The molecule has 0 saturated carbocycles. The first-order chi connectivity index (χ1) is 12.4. The number of thioether (sulfide) groups is 1. The number of carbonyl (C=O) groups excluding carboxylic acids is 1. The molecule has 0 aliphatic rings. The minimum Gasteiger partial charge on any atom is -0.462 e. The second-order valence-corrected chi connectivity index (χ2v) is 8.39. The summed E-state index contributed by atoms with van der Waals surface area (Å²) in [6.07, 6.45) is 0. The number of hydrogen-bond donors (Lipinski definition) is 1. The van der Waals surface area contributed by atoms with Gasteiger partial charge in [0.2, 0.25) is 0 Å². The normalized spacial score (nSPS) is 12.3. The number of fused-ring (bicyclic) bond motifs is 1. The average Bonchev–Trinajstić information content (AvgIpc) is 2.94. The standard InChI is InChI=1S/C18H17ClN2O3S2/c1-4-24-18(23)14-9(2)13-16(22)20-15(21-17(13)26-14)10(3)25-12-8-6-5-7-11(12)19/h5-8,10H,4H2,1-3H3,(H,20,21,22)/t10-/m1/s1. The predicted octanol–water partition coefficient (Wildman–Crippen LogP) is 4.98. The topological polar surface area (TPSA) is 72.0 Å². The third-order valence-electron chi connectivity index (χ3n) is 3.81. The van der Waals surface area contributed by atoms with Crippen LogP contribution in [-0.2, 0) is 4.74 Å². The maximum Gasteiger partial charge on any atom is 0.348 e. The highest BCUT2D eigenvalue weighted by Crippen LogP contribution is 2.37. The van der Waals surface area contributed by atoms with Gasteiger partial charge in [-0.2, -0.15) is 0 Å². The van der Waals surface area contributed by atoms with Crippen molar-refractivity contribution in [1.29, 1.82) is 0 Å². The lowest BCUT2D eigenvalue weighted by atomic mass is 10.2. The Hall–Kier alpha value is -1.83. The summed E-state index contributed by atoms with van der Waals surface area (Å²) in [5.41, 5.74) is 0.357. The van der Waals surface area contributed by atoms with Crippen LogP contribution < -0.4 is 5.56 Å². The Labute approximate surface area is 163 Å². The molecule has 26 heavy (non-hydrogen) atoms. The number of thiophene rings is 1. The Balaban J connectivity index is 1.99. The molecule has 5 nitrogen and oxygen atoms in total. The van der Waals surface area contributed by atoms with Gasteiger partial charge in [-0.05, 0) is 38.5 Å². The highest BCUT2D eigenvalue weighted by atomic mass is 35.5. The number of H-pyrrole nitrogens is 1. The zero-order valence-electron chi connectivity index (χ0n) is 14.5. The minimum absolute atomic E-state index is 0.111. The number of aromatic nitrogens is 2. The van der Waals surface area contributed by atoms with Gasteiger partial charge in [-0.15, -0.1) is 23.1 Å². The van der Waals surface area contributed by atoms with Crippen molar-refractivity contribution in [2.75, 3.05) is 6.61 Å². The van der Waals surface area contributed by atoms with E-state index >= 15 is 0 Å². The van der Waals surface area contributed by atoms with Crippen LogP contribution in [0.25, 0.3) is 10.2 Å². The van der Waals surface area contributed by atoms with Gasteiger partial charge in [0.05, 0.1) is 22.3 Å². The zero-order chi connectivity index (χ0) is 18.8. The van der Waals surface area contributed by atoms with E-state index in [1.54, 1.807) is 13.8 Å². The van der Waals surface area contributed by atoms with Gasteiger partial charge in [-0.1, -0.05) is 23.7 Å². The lowest BCUT2D eigenvalue weighted by molar-refractivity contribution is 0.0531. The number of halogens is 1. The van der Waals surface area contributed by atoms with Gasteiger partial charge in [-0.3, -0.25) is 4.79 Å². The molecule has 0 unspecified atom stereocenters. The van der Waals surface area contributed by atoms with Crippen molar-refractivity contribution in [2.45, 2.75) is 30.9 Å². The molecule has 2 heterocycles. The third-order valence-corrected chi connectivity index (χ3v) is 6.60. The maximum absolute atomic E-state index is 12.6. The number of nitrogens with zero attached hydrogens (tertiary/aromatic N) is 1. The molecular formula is C18H17ClN2O3S2. The number of hydrogen-bond acceptors (Lipinski definition) is 6. The first-order valence-electron chi connectivity index (χ1n) is 8.04. The van der Waals surface area contributed by atoms with Gasteiger partial charge < -0.3 is 9.72 Å². The van der Waals surface area contributed by atoms with Crippen molar-refractivity contribution in [1.82, 2.24) is 9.97 Å². The van der Waals surface area contributed by atoms with Gasteiger partial charge in [0, 0.05) is 4.90 Å². The average molecular weight is 409 g/mol. The summed E-state index contributed by atoms with van der Waals surface area (Å²) in [5.74, 6) is 0.122. The van der Waals surface area contributed by atoms with Crippen LogP contribution in [0.1, 0.15) is 40.2 Å². The number of rotatable bonds is 5. The van der Waals surface area contributed by atoms with Crippen LogP contribution in [0.5, 0.6) is 0 Å². The minimum atomic E-state index is -0.424. The Morgan fingerprint density at radius 2 is 2.15 bits per heavy atom. The van der Waals surface area contributed by atoms with E-state index in [2.05, 4.69) is 9.97 Å². The number of aromatic amines is 1. The molecule has 1 aromatic carbocycles. The highest BCUT2D eigenvalue weighted by Gasteiger charge is 2.21. The Morgan fingerprint density at radius 1 is 1.42 bits per heavy atom. The first kappa shape index (κ1) is 18.9. The molecular weight excluding hydrogens is 392 g/mol. The van der Waals surface area contributed by atoms with Crippen LogP contribution in [0.3, 0.4) is 0 Å². The van der Waals surface area contributed by atoms with Crippen molar-refractivity contribution in [3.63, 3.8) is 0 Å². The van der Waals surface area contributed by atoms with Crippen LogP contribution in [0, 0.1) is 6.92 Å². The van der Waals surface area contributed by atoms with Crippen LogP contribution >= 0.6 is 34.7 Å². The monoisotopic (exact) mass is 408 g/mol. The Kier molecular flexibility index (Phi) is 5.70. The van der Waals surface area contributed by atoms with Crippen LogP contribution in [0.4, 0.5) is 0 Å². The van der Waals surface area contributed by atoms with Gasteiger partial charge >= 0.3 is 5.97 Å². The number of aryl methyl sites for hydroxylation is 1. The van der Waals surface area contributed by atoms with E-state index in [0.717, 1.165) is 4.90 Å². The summed E-state index contributed by atoms with van der Waals surface area (Å²) in [7, 11) is 0. The molecule has 136 valence electrons. The van der Waals surface area contributed by atoms with E-state index in [-0.39, 0.29) is 17.4 Å². The Morgan fingerprint density at radius 3 is 2.85 bits per heavy atom.